The summed E-state index contributed by atoms with van der Waals surface area (Å²) >= 11 is 1.59. The van der Waals surface area contributed by atoms with E-state index >= 15 is 0 Å². The Morgan fingerprint density at radius 1 is 1.25 bits per heavy atom. The maximum absolute atomic E-state index is 9.27. The fourth-order valence-corrected chi connectivity index (χ4v) is 3.77. The van der Waals surface area contributed by atoms with E-state index in [2.05, 4.69) is 38.7 Å². The summed E-state index contributed by atoms with van der Waals surface area (Å²) in [6.07, 6.45) is 2.44. The van der Waals surface area contributed by atoms with Crippen LogP contribution in [0, 0.1) is 23.2 Å². The minimum Gasteiger partial charge on any atom is -0.397 e. The number of nitrogens with two attached hydrogens (primary N) is 1. The highest BCUT2D eigenvalue weighted by atomic mass is 32.1. The van der Waals surface area contributed by atoms with Gasteiger partial charge in [0.2, 0.25) is 0 Å². The van der Waals surface area contributed by atoms with Crippen molar-refractivity contribution in [2.24, 2.45) is 11.8 Å². The molecule has 20 heavy (non-hydrogen) atoms. The Morgan fingerprint density at radius 2 is 1.80 bits per heavy atom. The third-order valence-corrected chi connectivity index (χ3v) is 4.70. The van der Waals surface area contributed by atoms with Crippen LogP contribution in [0.2, 0.25) is 0 Å². The predicted molar refractivity (Wildman–Crippen MR) is 87.3 cm³/mol. The molecular formula is C16H25N3S. The van der Waals surface area contributed by atoms with E-state index in [9.17, 15) is 5.26 Å². The van der Waals surface area contributed by atoms with Crippen LogP contribution in [0.25, 0.3) is 0 Å². The van der Waals surface area contributed by atoms with Gasteiger partial charge in [-0.05, 0) is 30.6 Å². The van der Waals surface area contributed by atoms with Crippen molar-refractivity contribution >= 4 is 22.0 Å². The van der Waals surface area contributed by atoms with E-state index in [0.717, 1.165) is 18.8 Å². The van der Waals surface area contributed by atoms with Crippen LogP contribution in [0.1, 0.15) is 56.9 Å². The molecule has 0 atom stereocenters. The quantitative estimate of drug-likeness (QED) is 0.854. The second-order valence-electron chi connectivity index (χ2n) is 6.64. The molecule has 2 rings (SSSR count). The summed E-state index contributed by atoms with van der Waals surface area (Å²) < 4.78 is 0. The number of hydrogen-bond acceptors (Lipinski definition) is 4. The average Bonchev–Trinajstić information content (AvgIpc) is 3.11. The first-order valence-corrected chi connectivity index (χ1v) is 8.32. The van der Waals surface area contributed by atoms with Crippen LogP contribution >= 0.6 is 11.3 Å². The molecule has 1 saturated carbocycles. The van der Waals surface area contributed by atoms with Crippen LogP contribution in [0.4, 0.5) is 10.7 Å². The summed E-state index contributed by atoms with van der Waals surface area (Å²) in [5, 5.41) is 10.5. The number of rotatable bonds is 6. The van der Waals surface area contributed by atoms with Crippen LogP contribution in [-0.2, 0) is 0 Å². The first kappa shape index (κ1) is 15.2. The van der Waals surface area contributed by atoms with Crippen molar-refractivity contribution in [3.63, 3.8) is 0 Å². The van der Waals surface area contributed by atoms with Crippen molar-refractivity contribution in [1.29, 1.82) is 5.26 Å². The van der Waals surface area contributed by atoms with E-state index in [1.54, 1.807) is 11.3 Å². The molecule has 1 aromatic heterocycles. The second-order valence-corrected chi connectivity index (χ2v) is 7.64. The van der Waals surface area contributed by atoms with Gasteiger partial charge in [0, 0.05) is 18.7 Å². The molecule has 0 amide bonds. The molecule has 0 bridgehead atoms. The van der Waals surface area contributed by atoms with Gasteiger partial charge < -0.3 is 10.6 Å². The van der Waals surface area contributed by atoms with Gasteiger partial charge in [0.25, 0.3) is 0 Å². The minimum absolute atomic E-state index is 0.588. The van der Waals surface area contributed by atoms with Gasteiger partial charge in [-0.15, -0.1) is 11.3 Å². The lowest BCUT2D eigenvalue weighted by atomic mass is 10.1. The third kappa shape index (κ3) is 3.27. The van der Waals surface area contributed by atoms with Crippen molar-refractivity contribution in [2.75, 3.05) is 23.7 Å². The molecule has 110 valence electrons. The number of nitrogen functional groups attached to an aromatic ring is 1. The van der Waals surface area contributed by atoms with E-state index < -0.39 is 0 Å². The van der Waals surface area contributed by atoms with Crippen LogP contribution in [0.3, 0.4) is 0 Å². The highest BCUT2D eigenvalue weighted by Crippen LogP contribution is 2.52. The van der Waals surface area contributed by atoms with E-state index in [0.29, 0.717) is 22.6 Å². The van der Waals surface area contributed by atoms with Crippen LogP contribution in [0.15, 0.2) is 0 Å². The Kier molecular flexibility index (Phi) is 4.59. The Balaban J connectivity index is 2.38. The Bertz CT molecular complexity index is 497. The van der Waals surface area contributed by atoms with Crippen molar-refractivity contribution in [3.05, 3.63) is 10.4 Å². The molecule has 0 aliphatic heterocycles. The van der Waals surface area contributed by atoms with Gasteiger partial charge in [-0.2, -0.15) is 5.26 Å². The molecule has 0 spiro atoms. The molecule has 1 aliphatic carbocycles. The standard InChI is InChI=1S/C16H25N3S/c1-10(2)8-19(9-11(3)4)16-14(12-5-6-12)15(18)13(7-17)20-16/h10-12H,5-6,8-9,18H2,1-4H3. The SMILES string of the molecule is CC(C)CN(CC(C)C)c1sc(C#N)c(N)c1C1CC1. The molecule has 2 N–H and O–H groups in total. The molecule has 3 nitrogen and oxygen atoms in total. The first-order valence-electron chi connectivity index (χ1n) is 7.51. The van der Waals surface area contributed by atoms with Gasteiger partial charge in [-0.3, -0.25) is 0 Å². The summed E-state index contributed by atoms with van der Waals surface area (Å²) in [5.41, 5.74) is 8.22. The van der Waals surface area contributed by atoms with Crippen molar-refractivity contribution in [3.8, 4) is 6.07 Å². The van der Waals surface area contributed by atoms with Crippen LogP contribution < -0.4 is 10.6 Å². The maximum Gasteiger partial charge on any atom is 0.130 e. The molecule has 0 radical (unpaired) electrons. The lowest BCUT2D eigenvalue weighted by Gasteiger charge is -2.28. The molecule has 0 aromatic carbocycles. The van der Waals surface area contributed by atoms with Gasteiger partial charge in [0.1, 0.15) is 10.9 Å². The Hall–Kier alpha value is -1.21. The molecular weight excluding hydrogens is 266 g/mol. The summed E-state index contributed by atoms with van der Waals surface area (Å²) in [5.74, 6) is 1.80. The zero-order valence-electron chi connectivity index (χ0n) is 12.9. The summed E-state index contributed by atoms with van der Waals surface area (Å²) in [6.45, 7) is 11.0. The third-order valence-electron chi connectivity index (χ3n) is 3.51. The van der Waals surface area contributed by atoms with Crippen molar-refractivity contribution < 1.29 is 0 Å². The van der Waals surface area contributed by atoms with Gasteiger partial charge in [-0.1, -0.05) is 27.7 Å². The number of anilines is 2. The first-order chi connectivity index (χ1) is 9.43. The summed E-state index contributed by atoms with van der Waals surface area (Å²) in [7, 11) is 0. The zero-order valence-corrected chi connectivity index (χ0v) is 13.8. The molecule has 0 unspecified atom stereocenters. The lowest BCUT2D eigenvalue weighted by Crippen LogP contribution is -2.31. The van der Waals surface area contributed by atoms with E-state index in [-0.39, 0.29) is 0 Å². The van der Waals surface area contributed by atoms with Crippen molar-refractivity contribution in [2.45, 2.75) is 46.5 Å². The van der Waals surface area contributed by atoms with Gasteiger partial charge in [0.05, 0.1) is 10.7 Å². The molecule has 1 fully saturated rings. The highest BCUT2D eigenvalue weighted by Gasteiger charge is 2.33. The minimum atomic E-state index is 0.588. The van der Waals surface area contributed by atoms with Crippen molar-refractivity contribution in [1.82, 2.24) is 0 Å². The fourth-order valence-electron chi connectivity index (χ4n) is 2.65. The maximum atomic E-state index is 9.27. The van der Waals surface area contributed by atoms with Gasteiger partial charge >= 0.3 is 0 Å². The number of nitriles is 1. The molecule has 4 heteroatoms. The Morgan fingerprint density at radius 3 is 2.20 bits per heavy atom. The molecule has 1 heterocycles. The normalized spacial score (nSPS) is 14.8. The zero-order chi connectivity index (χ0) is 14.9. The van der Waals surface area contributed by atoms with Crippen LogP contribution in [0.5, 0.6) is 0 Å². The predicted octanol–water partition coefficient (Wildman–Crippen LogP) is 4.20. The smallest absolute Gasteiger partial charge is 0.130 e. The van der Waals surface area contributed by atoms with E-state index in [1.165, 1.54) is 23.4 Å². The van der Waals surface area contributed by atoms with E-state index in [4.69, 9.17) is 5.73 Å². The molecule has 1 aromatic rings. The summed E-state index contributed by atoms with van der Waals surface area (Å²) in [4.78, 5) is 3.14. The molecule has 0 saturated heterocycles. The monoisotopic (exact) mass is 291 g/mol. The largest absolute Gasteiger partial charge is 0.397 e. The lowest BCUT2D eigenvalue weighted by molar-refractivity contribution is 0.554. The second kappa shape index (κ2) is 6.05. The average molecular weight is 291 g/mol. The number of nitrogens with zero attached hydrogens (tertiary/aromatic N) is 2. The van der Waals surface area contributed by atoms with Gasteiger partial charge in [0.15, 0.2) is 0 Å². The van der Waals surface area contributed by atoms with Crippen LogP contribution in [-0.4, -0.2) is 13.1 Å². The Labute approximate surface area is 126 Å². The molecule has 1 aliphatic rings. The summed E-state index contributed by atoms with van der Waals surface area (Å²) in [6, 6.07) is 2.27. The van der Waals surface area contributed by atoms with E-state index in [1.807, 2.05) is 0 Å². The van der Waals surface area contributed by atoms with Gasteiger partial charge in [-0.25, -0.2) is 0 Å². The highest BCUT2D eigenvalue weighted by molar-refractivity contribution is 7.17. The number of hydrogen-bond donors (Lipinski definition) is 1. The number of thiophene rings is 1. The fraction of sp³-hybridized carbons (Fsp3) is 0.688. The topological polar surface area (TPSA) is 53.0 Å².